The SMILES string of the molecule is Cc1nc(N[C@H](C)C2CC2)nc(N[C@@H]2C[C@H](CCO)[C@@H](O)[C@H]2O)c1-c1nc2c(C)nccc2s1. The van der Waals surface area contributed by atoms with E-state index >= 15 is 0 Å². The second kappa shape index (κ2) is 9.33. The van der Waals surface area contributed by atoms with E-state index < -0.39 is 18.2 Å². The van der Waals surface area contributed by atoms with Crippen molar-refractivity contribution in [3.05, 3.63) is 23.7 Å². The van der Waals surface area contributed by atoms with Crippen LogP contribution in [0.2, 0.25) is 0 Å². The van der Waals surface area contributed by atoms with Gasteiger partial charge in [-0.05, 0) is 64.4 Å². The number of hydrogen-bond acceptors (Lipinski definition) is 10. The minimum atomic E-state index is -0.955. The van der Waals surface area contributed by atoms with Gasteiger partial charge in [-0.3, -0.25) is 4.98 Å². The van der Waals surface area contributed by atoms with E-state index in [0.717, 1.165) is 32.2 Å². The van der Waals surface area contributed by atoms with Crippen molar-refractivity contribution in [1.29, 1.82) is 0 Å². The molecule has 34 heavy (non-hydrogen) atoms. The smallest absolute Gasteiger partial charge is 0.225 e. The molecule has 2 saturated carbocycles. The quantitative estimate of drug-likeness (QED) is 0.327. The lowest BCUT2D eigenvalue weighted by atomic mass is 10.0. The molecule has 0 aliphatic heterocycles. The topological polar surface area (TPSA) is 136 Å². The van der Waals surface area contributed by atoms with Crippen molar-refractivity contribution in [1.82, 2.24) is 19.9 Å². The van der Waals surface area contributed by atoms with Crippen molar-refractivity contribution in [2.24, 2.45) is 11.8 Å². The Morgan fingerprint density at radius 3 is 2.62 bits per heavy atom. The minimum Gasteiger partial charge on any atom is -0.396 e. The van der Waals surface area contributed by atoms with E-state index in [-0.39, 0.29) is 18.6 Å². The first-order valence-corrected chi connectivity index (χ1v) is 12.8. The standard InChI is InChI=1S/C24H32N6O3S/c1-11(14-4-5-14)26-24-27-12(2)18(23-29-19-13(3)25-8-6-17(19)34-23)22(30-24)28-16-10-15(7-9-31)20(32)21(16)33/h6,8,11,14-16,20-21,31-33H,4-5,7,9-10H2,1-3H3,(H2,26,27,28,30)/t11-,15+,16-,20-,21+/m1/s1. The van der Waals surface area contributed by atoms with Gasteiger partial charge in [-0.25, -0.2) is 9.97 Å². The van der Waals surface area contributed by atoms with Crippen LogP contribution in [0, 0.1) is 25.7 Å². The zero-order valence-electron chi connectivity index (χ0n) is 19.7. The van der Waals surface area contributed by atoms with Crippen LogP contribution in [0.4, 0.5) is 11.8 Å². The van der Waals surface area contributed by atoms with Gasteiger partial charge in [-0.1, -0.05) is 0 Å². The Labute approximate surface area is 202 Å². The molecule has 0 radical (unpaired) electrons. The van der Waals surface area contributed by atoms with Crippen LogP contribution < -0.4 is 10.6 Å². The Morgan fingerprint density at radius 2 is 1.91 bits per heavy atom. The minimum absolute atomic E-state index is 0.0226. The van der Waals surface area contributed by atoms with Gasteiger partial charge in [-0.2, -0.15) is 4.98 Å². The van der Waals surface area contributed by atoms with Crippen LogP contribution in [0.5, 0.6) is 0 Å². The fourth-order valence-corrected chi connectivity index (χ4v) is 6.01. The van der Waals surface area contributed by atoms with E-state index in [2.05, 4.69) is 22.5 Å². The molecule has 5 atom stereocenters. The van der Waals surface area contributed by atoms with Gasteiger partial charge in [0.1, 0.15) is 22.4 Å². The summed E-state index contributed by atoms with van der Waals surface area (Å²) < 4.78 is 1.04. The van der Waals surface area contributed by atoms with Crippen LogP contribution in [0.3, 0.4) is 0 Å². The van der Waals surface area contributed by atoms with E-state index in [0.29, 0.717) is 30.5 Å². The number of rotatable bonds is 8. The van der Waals surface area contributed by atoms with Gasteiger partial charge in [-0.15, -0.1) is 11.3 Å². The summed E-state index contributed by atoms with van der Waals surface area (Å²) >= 11 is 1.56. The summed E-state index contributed by atoms with van der Waals surface area (Å²) in [5.74, 6) is 1.60. The number of fused-ring (bicyclic) bond motifs is 1. The molecule has 2 aliphatic rings. The number of hydrogen-bond donors (Lipinski definition) is 5. The molecule has 2 aliphatic carbocycles. The Bertz CT molecular complexity index is 1180. The number of nitrogens with one attached hydrogen (secondary N) is 2. The summed E-state index contributed by atoms with van der Waals surface area (Å²) in [6.07, 6.45) is 3.36. The van der Waals surface area contributed by atoms with Gasteiger partial charge >= 0.3 is 0 Å². The highest BCUT2D eigenvalue weighted by molar-refractivity contribution is 7.21. The molecular weight excluding hydrogens is 452 g/mol. The monoisotopic (exact) mass is 484 g/mol. The predicted molar refractivity (Wildman–Crippen MR) is 133 cm³/mol. The Kier molecular flexibility index (Phi) is 6.41. The van der Waals surface area contributed by atoms with Crippen molar-refractivity contribution in [2.75, 3.05) is 17.2 Å². The number of pyridine rings is 1. The average Bonchev–Trinajstić information content (AvgIpc) is 3.51. The lowest BCUT2D eigenvalue weighted by molar-refractivity contribution is 0.0124. The maximum atomic E-state index is 10.7. The second-order valence-corrected chi connectivity index (χ2v) is 10.7. The van der Waals surface area contributed by atoms with E-state index in [1.54, 1.807) is 17.5 Å². The van der Waals surface area contributed by atoms with Crippen LogP contribution in [-0.2, 0) is 0 Å². The van der Waals surface area contributed by atoms with Crippen molar-refractivity contribution >= 4 is 33.3 Å². The number of aromatic nitrogens is 4. The molecule has 0 unspecified atom stereocenters. The van der Waals surface area contributed by atoms with E-state index in [1.165, 1.54) is 12.8 Å². The first kappa shape index (κ1) is 23.3. The highest BCUT2D eigenvalue weighted by atomic mass is 32.1. The molecule has 3 aromatic rings. The number of nitrogens with zero attached hydrogens (tertiary/aromatic N) is 4. The third-order valence-corrected chi connectivity index (χ3v) is 8.14. The molecule has 5 N–H and O–H groups in total. The lowest BCUT2D eigenvalue weighted by Gasteiger charge is -2.22. The third kappa shape index (κ3) is 4.47. The Morgan fingerprint density at radius 1 is 1.12 bits per heavy atom. The zero-order chi connectivity index (χ0) is 24.0. The lowest BCUT2D eigenvalue weighted by Crippen LogP contribution is -2.35. The molecule has 0 bridgehead atoms. The molecule has 5 rings (SSSR count). The van der Waals surface area contributed by atoms with Gasteiger partial charge in [0.15, 0.2) is 0 Å². The number of aliphatic hydroxyl groups excluding tert-OH is 3. The van der Waals surface area contributed by atoms with E-state index in [4.69, 9.17) is 15.0 Å². The summed E-state index contributed by atoms with van der Waals surface area (Å²) in [5.41, 5.74) is 3.30. The maximum absolute atomic E-state index is 10.7. The first-order chi connectivity index (χ1) is 16.4. The van der Waals surface area contributed by atoms with Crippen LogP contribution in [0.15, 0.2) is 12.3 Å². The normalized spacial score (nSPS) is 25.6. The van der Waals surface area contributed by atoms with Crippen LogP contribution in [-0.4, -0.2) is 66.2 Å². The summed E-state index contributed by atoms with van der Waals surface area (Å²) in [6, 6.07) is 1.84. The fourth-order valence-electron chi connectivity index (χ4n) is 4.90. The number of thiazole rings is 1. The average molecular weight is 485 g/mol. The molecule has 182 valence electrons. The van der Waals surface area contributed by atoms with Gasteiger partial charge in [0.25, 0.3) is 0 Å². The molecule has 3 aromatic heterocycles. The summed E-state index contributed by atoms with van der Waals surface area (Å²) in [7, 11) is 0. The van der Waals surface area contributed by atoms with Crippen LogP contribution in [0.25, 0.3) is 20.8 Å². The highest BCUT2D eigenvalue weighted by Gasteiger charge is 2.41. The van der Waals surface area contributed by atoms with Crippen molar-refractivity contribution < 1.29 is 15.3 Å². The van der Waals surface area contributed by atoms with Crippen molar-refractivity contribution in [2.45, 2.75) is 70.7 Å². The number of anilines is 2. The predicted octanol–water partition coefficient (Wildman–Crippen LogP) is 2.88. The molecule has 0 aromatic carbocycles. The summed E-state index contributed by atoms with van der Waals surface area (Å²) in [6.45, 7) is 6.02. The molecule has 9 nitrogen and oxygen atoms in total. The maximum Gasteiger partial charge on any atom is 0.225 e. The molecule has 0 saturated heterocycles. The van der Waals surface area contributed by atoms with E-state index in [9.17, 15) is 15.3 Å². The summed E-state index contributed by atoms with van der Waals surface area (Å²) in [4.78, 5) is 18.8. The Hall–Kier alpha value is -2.40. The van der Waals surface area contributed by atoms with Gasteiger partial charge in [0.2, 0.25) is 5.95 Å². The van der Waals surface area contributed by atoms with Crippen molar-refractivity contribution in [3.8, 4) is 10.6 Å². The first-order valence-electron chi connectivity index (χ1n) is 12.0. The molecule has 3 heterocycles. The number of aliphatic hydroxyl groups is 3. The molecule has 10 heteroatoms. The van der Waals surface area contributed by atoms with Gasteiger partial charge < -0.3 is 26.0 Å². The second-order valence-electron chi connectivity index (χ2n) is 9.63. The van der Waals surface area contributed by atoms with Crippen molar-refractivity contribution in [3.63, 3.8) is 0 Å². The van der Waals surface area contributed by atoms with Crippen LogP contribution in [0.1, 0.15) is 44.0 Å². The fraction of sp³-hybridized carbons (Fsp3) is 0.583. The highest BCUT2D eigenvalue weighted by Crippen LogP contribution is 2.39. The van der Waals surface area contributed by atoms with Crippen LogP contribution >= 0.6 is 11.3 Å². The largest absolute Gasteiger partial charge is 0.396 e. The molecular formula is C24H32N6O3S. The molecule has 0 spiro atoms. The number of aryl methyl sites for hydroxylation is 2. The molecule has 2 fully saturated rings. The Balaban J connectivity index is 1.53. The van der Waals surface area contributed by atoms with Gasteiger partial charge in [0, 0.05) is 18.8 Å². The molecule has 0 amide bonds. The van der Waals surface area contributed by atoms with Gasteiger partial charge in [0.05, 0.1) is 33.8 Å². The zero-order valence-corrected chi connectivity index (χ0v) is 20.5. The summed E-state index contributed by atoms with van der Waals surface area (Å²) in [5, 5.41) is 38.2. The van der Waals surface area contributed by atoms with E-state index in [1.807, 2.05) is 19.9 Å². The third-order valence-electron chi connectivity index (χ3n) is 7.10.